The Bertz CT molecular complexity index is 559. The van der Waals surface area contributed by atoms with E-state index in [9.17, 15) is 0 Å². The maximum absolute atomic E-state index is 5.63. The summed E-state index contributed by atoms with van der Waals surface area (Å²) in [6, 6.07) is 8.39. The van der Waals surface area contributed by atoms with Gasteiger partial charge in [0, 0.05) is 37.3 Å². The third-order valence-electron chi connectivity index (χ3n) is 4.39. The fraction of sp³-hybridized carbons (Fsp3) is 0.412. The summed E-state index contributed by atoms with van der Waals surface area (Å²) >= 11 is 0. The number of anilines is 1. The van der Waals surface area contributed by atoms with Crippen molar-refractivity contribution >= 4 is 5.69 Å². The third kappa shape index (κ3) is 3.22. The van der Waals surface area contributed by atoms with Gasteiger partial charge in [-0.1, -0.05) is 12.1 Å². The minimum atomic E-state index is 0.133. The smallest absolute Gasteiger partial charge is 0.115 e. The molecule has 110 valence electrons. The molecule has 1 aromatic carbocycles. The van der Waals surface area contributed by atoms with Crippen molar-refractivity contribution in [2.24, 2.45) is 0 Å². The van der Waals surface area contributed by atoms with Gasteiger partial charge in [-0.15, -0.1) is 0 Å². The van der Waals surface area contributed by atoms with E-state index >= 15 is 0 Å². The number of nitrogens with one attached hydrogen (secondary N) is 1. The van der Waals surface area contributed by atoms with Crippen LogP contribution in [0, 0.1) is 0 Å². The van der Waals surface area contributed by atoms with E-state index in [-0.39, 0.29) is 5.60 Å². The van der Waals surface area contributed by atoms with Gasteiger partial charge in [0.1, 0.15) is 6.33 Å². The van der Waals surface area contributed by atoms with Crippen molar-refractivity contribution in [1.82, 2.24) is 9.97 Å². The molecule has 0 aliphatic heterocycles. The molecule has 0 bridgehead atoms. The molecule has 0 unspecified atom stereocenters. The second-order valence-corrected chi connectivity index (χ2v) is 5.62. The lowest BCUT2D eigenvalue weighted by Crippen LogP contribution is -2.40. The highest BCUT2D eigenvalue weighted by Crippen LogP contribution is 2.37. The number of benzene rings is 1. The van der Waals surface area contributed by atoms with E-state index in [0.29, 0.717) is 0 Å². The van der Waals surface area contributed by atoms with Gasteiger partial charge in [0.05, 0.1) is 5.60 Å². The first-order valence-electron chi connectivity index (χ1n) is 7.46. The maximum Gasteiger partial charge on any atom is 0.115 e. The van der Waals surface area contributed by atoms with Crippen LogP contribution in [-0.4, -0.2) is 29.2 Å². The molecule has 4 heteroatoms. The van der Waals surface area contributed by atoms with Gasteiger partial charge >= 0.3 is 0 Å². The second-order valence-electron chi connectivity index (χ2n) is 5.62. The van der Waals surface area contributed by atoms with Crippen LogP contribution in [0.4, 0.5) is 5.69 Å². The molecule has 0 amide bonds. The number of rotatable bonds is 6. The van der Waals surface area contributed by atoms with Gasteiger partial charge in [-0.05, 0) is 43.4 Å². The summed E-state index contributed by atoms with van der Waals surface area (Å²) in [6.07, 6.45) is 9.95. The number of methoxy groups -OCH3 is 1. The van der Waals surface area contributed by atoms with Crippen molar-refractivity contribution in [3.8, 4) is 11.1 Å². The third-order valence-corrected chi connectivity index (χ3v) is 4.39. The largest absolute Gasteiger partial charge is 0.385 e. The molecule has 1 saturated carbocycles. The van der Waals surface area contributed by atoms with Gasteiger partial charge in [-0.2, -0.15) is 0 Å². The quantitative estimate of drug-likeness (QED) is 0.881. The zero-order chi connectivity index (χ0) is 14.5. The molecule has 1 fully saturated rings. The molecule has 1 aliphatic carbocycles. The van der Waals surface area contributed by atoms with Crippen LogP contribution >= 0.6 is 0 Å². The van der Waals surface area contributed by atoms with Crippen LogP contribution in [0.3, 0.4) is 0 Å². The standard InChI is InChI=1S/C17H21N3O/c1-21-17(7-2-8-17)9-10-20-16-5-3-14(4-6-16)15-11-18-13-19-12-15/h3-6,11-13,20H,2,7-10H2,1H3. The Morgan fingerprint density at radius 1 is 1.10 bits per heavy atom. The first kappa shape index (κ1) is 14.0. The predicted octanol–water partition coefficient (Wildman–Crippen LogP) is 3.51. The molecule has 1 aromatic heterocycles. The van der Waals surface area contributed by atoms with Crippen molar-refractivity contribution in [1.29, 1.82) is 0 Å². The number of ether oxygens (including phenoxy) is 1. The molecule has 1 aliphatic rings. The second kappa shape index (κ2) is 6.22. The zero-order valence-electron chi connectivity index (χ0n) is 12.4. The van der Waals surface area contributed by atoms with Crippen LogP contribution in [0.2, 0.25) is 0 Å². The van der Waals surface area contributed by atoms with Crippen LogP contribution in [0.15, 0.2) is 43.0 Å². The van der Waals surface area contributed by atoms with Crippen molar-refractivity contribution in [3.05, 3.63) is 43.0 Å². The molecule has 0 saturated heterocycles. The lowest BCUT2D eigenvalue weighted by molar-refractivity contribution is -0.0748. The van der Waals surface area contributed by atoms with Crippen LogP contribution in [-0.2, 0) is 4.74 Å². The summed E-state index contributed by atoms with van der Waals surface area (Å²) < 4.78 is 5.63. The molecule has 1 heterocycles. The first-order chi connectivity index (χ1) is 10.3. The van der Waals surface area contributed by atoms with Gasteiger partial charge in [-0.25, -0.2) is 9.97 Å². The fourth-order valence-electron chi connectivity index (χ4n) is 2.79. The Labute approximate surface area is 125 Å². The van der Waals surface area contributed by atoms with Crippen molar-refractivity contribution < 1.29 is 4.74 Å². The van der Waals surface area contributed by atoms with Crippen molar-refractivity contribution in [3.63, 3.8) is 0 Å². The van der Waals surface area contributed by atoms with E-state index < -0.39 is 0 Å². The Morgan fingerprint density at radius 3 is 2.38 bits per heavy atom. The molecule has 0 atom stereocenters. The highest BCUT2D eigenvalue weighted by molar-refractivity contribution is 5.64. The van der Waals surface area contributed by atoms with Crippen molar-refractivity contribution in [2.45, 2.75) is 31.3 Å². The van der Waals surface area contributed by atoms with Gasteiger partial charge in [0.25, 0.3) is 0 Å². The Morgan fingerprint density at radius 2 is 1.81 bits per heavy atom. The lowest BCUT2D eigenvalue weighted by atomic mass is 9.77. The monoisotopic (exact) mass is 283 g/mol. The summed E-state index contributed by atoms with van der Waals surface area (Å²) in [4.78, 5) is 8.09. The SMILES string of the molecule is COC1(CCNc2ccc(-c3cncnc3)cc2)CCC1. The molecule has 0 radical (unpaired) electrons. The van der Waals surface area contributed by atoms with Crippen molar-refractivity contribution in [2.75, 3.05) is 19.0 Å². The number of hydrogen-bond donors (Lipinski definition) is 1. The molecule has 1 N–H and O–H groups in total. The number of aromatic nitrogens is 2. The van der Waals surface area contributed by atoms with Gasteiger partial charge < -0.3 is 10.1 Å². The van der Waals surface area contributed by atoms with Crippen LogP contribution in [0.25, 0.3) is 11.1 Å². The van der Waals surface area contributed by atoms with E-state index in [2.05, 4.69) is 39.6 Å². The summed E-state index contributed by atoms with van der Waals surface area (Å²) in [7, 11) is 1.83. The van der Waals surface area contributed by atoms with Crippen LogP contribution in [0.1, 0.15) is 25.7 Å². The molecule has 4 nitrogen and oxygen atoms in total. The molecule has 0 spiro atoms. The minimum absolute atomic E-state index is 0.133. The topological polar surface area (TPSA) is 47.0 Å². The highest BCUT2D eigenvalue weighted by atomic mass is 16.5. The molecular formula is C17H21N3O. The van der Waals surface area contributed by atoms with Gasteiger partial charge in [-0.3, -0.25) is 0 Å². The van der Waals surface area contributed by atoms with E-state index in [1.165, 1.54) is 19.3 Å². The summed E-state index contributed by atoms with van der Waals surface area (Å²) in [5.74, 6) is 0. The molecular weight excluding hydrogens is 262 g/mol. The van der Waals surface area contributed by atoms with E-state index in [1.807, 2.05) is 19.5 Å². The Balaban J connectivity index is 1.55. The summed E-state index contributed by atoms with van der Waals surface area (Å²) in [5.41, 5.74) is 3.44. The molecule has 21 heavy (non-hydrogen) atoms. The van der Waals surface area contributed by atoms with Gasteiger partial charge in [0.15, 0.2) is 0 Å². The van der Waals surface area contributed by atoms with E-state index in [1.54, 1.807) is 6.33 Å². The summed E-state index contributed by atoms with van der Waals surface area (Å²) in [5, 5.41) is 3.47. The van der Waals surface area contributed by atoms with Crippen LogP contribution < -0.4 is 5.32 Å². The number of hydrogen-bond acceptors (Lipinski definition) is 4. The minimum Gasteiger partial charge on any atom is -0.385 e. The average molecular weight is 283 g/mol. The molecule has 3 rings (SSSR count). The summed E-state index contributed by atoms with van der Waals surface area (Å²) in [6.45, 7) is 0.946. The van der Waals surface area contributed by atoms with E-state index in [0.717, 1.165) is 29.8 Å². The number of nitrogens with zero attached hydrogens (tertiary/aromatic N) is 2. The van der Waals surface area contributed by atoms with E-state index in [4.69, 9.17) is 4.74 Å². The Hall–Kier alpha value is -1.94. The zero-order valence-corrected chi connectivity index (χ0v) is 12.4. The predicted molar refractivity (Wildman–Crippen MR) is 84.2 cm³/mol. The lowest BCUT2D eigenvalue weighted by Gasteiger charge is -2.40. The normalized spacial score (nSPS) is 16.2. The Kier molecular flexibility index (Phi) is 4.15. The van der Waals surface area contributed by atoms with Crippen LogP contribution in [0.5, 0.6) is 0 Å². The molecule has 2 aromatic rings. The van der Waals surface area contributed by atoms with Gasteiger partial charge in [0.2, 0.25) is 0 Å². The first-order valence-corrected chi connectivity index (χ1v) is 7.46. The fourth-order valence-corrected chi connectivity index (χ4v) is 2.79. The maximum atomic E-state index is 5.63. The highest BCUT2D eigenvalue weighted by Gasteiger charge is 2.36. The average Bonchev–Trinajstić information content (AvgIpc) is 2.51.